The van der Waals surface area contributed by atoms with Gasteiger partial charge in [0.15, 0.2) is 0 Å². The summed E-state index contributed by atoms with van der Waals surface area (Å²) < 4.78 is 1.00. The van der Waals surface area contributed by atoms with Gasteiger partial charge >= 0.3 is 0 Å². The van der Waals surface area contributed by atoms with Crippen LogP contribution in [0.5, 0.6) is 0 Å². The molecule has 0 aromatic heterocycles. The molecule has 0 unspecified atom stereocenters. The fourth-order valence-corrected chi connectivity index (χ4v) is 2.96. The van der Waals surface area contributed by atoms with Crippen molar-refractivity contribution >= 4 is 6.15 Å². The van der Waals surface area contributed by atoms with Crippen molar-refractivity contribution in [2.24, 2.45) is 0 Å². The summed E-state index contributed by atoms with van der Waals surface area (Å²) in [5.41, 5.74) is 0. The fraction of sp³-hybridized carbons (Fsp3) is 1.00. The molecule has 1 nitrogen and oxygen atoms in total. The Labute approximate surface area is 131 Å². The van der Waals surface area contributed by atoms with Crippen molar-refractivity contribution in [3.63, 3.8) is 0 Å². The Morgan fingerprint density at radius 3 is 1.00 bits per heavy atom. The third-order valence-corrected chi connectivity index (χ3v) is 4.38. The van der Waals surface area contributed by atoms with Crippen molar-refractivity contribution in [1.29, 1.82) is 0 Å². The Kier molecular flexibility index (Phi) is 14.2. The molecule has 2 heteroatoms. The van der Waals surface area contributed by atoms with Gasteiger partial charge in [0.25, 0.3) is 0 Å². The molecule has 0 N–H and O–H groups in total. The van der Waals surface area contributed by atoms with E-state index in [0.717, 1.165) is 4.48 Å². The lowest BCUT2D eigenvalue weighted by atomic mass is 9.17. The molecule has 124 valence electrons. The van der Waals surface area contributed by atoms with Gasteiger partial charge in [0.05, 0.1) is 28.2 Å². The Bertz CT molecular complexity index is 168. The van der Waals surface area contributed by atoms with Gasteiger partial charge in [0, 0.05) is 6.15 Å². The van der Waals surface area contributed by atoms with E-state index in [9.17, 15) is 0 Å². The van der Waals surface area contributed by atoms with Crippen LogP contribution in [0.25, 0.3) is 0 Å². The molecule has 0 aromatic carbocycles. The molecule has 0 rings (SSSR count). The molecule has 20 heavy (non-hydrogen) atoms. The summed E-state index contributed by atoms with van der Waals surface area (Å²) in [4.78, 5) is 0. The normalized spacial score (nSPS) is 12.0. The second-order valence-corrected chi connectivity index (χ2v) is 8.25. The van der Waals surface area contributed by atoms with Crippen LogP contribution in [0.4, 0.5) is 0 Å². The average Bonchev–Trinajstić information content (AvgIpc) is 2.37. The second-order valence-electron chi connectivity index (χ2n) is 8.25. The predicted molar refractivity (Wildman–Crippen MR) is 99.3 cm³/mol. The van der Waals surface area contributed by atoms with E-state index in [1.54, 1.807) is 0 Å². The van der Waals surface area contributed by atoms with Crippen molar-refractivity contribution in [2.45, 2.75) is 91.5 Å². The number of nitrogens with zero attached hydrogens (tertiary/aromatic N) is 1. The molecule has 0 saturated carbocycles. The van der Waals surface area contributed by atoms with Crippen molar-refractivity contribution in [3.05, 3.63) is 0 Å². The summed E-state index contributed by atoms with van der Waals surface area (Å²) in [6.45, 7) is 9.42. The van der Waals surface area contributed by atoms with E-state index in [1.165, 1.54) is 63.8 Å². The predicted octanol–water partition coefficient (Wildman–Crippen LogP) is 6.18. The van der Waals surface area contributed by atoms with Crippen LogP contribution in [0.2, 0.25) is 25.3 Å². The summed E-state index contributed by atoms with van der Waals surface area (Å²) in [5, 5.41) is 0. The Morgan fingerprint density at radius 1 is 0.600 bits per heavy atom. The largest absolute Gasteiger partial charge is 0.333 e. The van der Waals surface area contributed by atoms with Gasteiger partial charge in [-0.05, 0) is 0 Å². The Balaban J connectivity index is 0. The molecule has 0 aliphatic rings. The minimum Gasteiger partial charge on any atom is -0.333 e. The zero-order valence-corrected chi connectivity index (χ0v) is 16.1. The molecule has 0 saturated heterocycles. The molecule has 0 aliphatic heterocycles. The summed E-state index contributed by atoms with van der Waals surface area (Å²) in [6, 6.07) is 0. The highest BCUT2D eigenvalue weighted by Crippen LogP contribution is 2.31. The van der Waals surface area contributed by atoms with Crippen molar-refractivity contribution in [1.82, 2.24) is 0 Å². The third-order valence-electron chi connectivity index (χ3n) is 4.38. The highest BCUT2D eigenvalue weighted by atomic mass is 15.2. The van der Waals surface area contributed by atoms with Crippen LogP contribution < -0.4 is 0 Å². The molecule has 0 aliphatic carbocycles. The van der Waals surface area contributed by atoms with Crippen molar-refractivity contribution < 1.29 is 4.48 Å². The maximum Gasteiger partial charge on any atom is 0.0675 e. The topological polar surface area (TPSA) is 0 Å². The maximum absolute atomic E-state index is 2.43. The van der Waals surface area contributed by atoms with Gasteiger partial charge in [-0.2, -0.15) is 25.3 Å². The molecular weight excluding hydrogens is 241 g/mol. The second kappa shape index (κ2) is 12.7. The first-order chi connectivity index (χ1) is 9.24. The average molecular weight is 285 g/mol. The molecule has 0 aromatic rings. The zero-order valence-electron chi connectivity index (χ0n) is 16.1. The van der Waals surface area contributed by atoms with E-state index in [0.29, 0.717) is 0 Å². The van der Waals surface area contributed by atoms with Gasteiger partial charge in [-0.1, -0.05) is 66.2 Å². The van der Waals surface area contributed by atoms with Gasteiger partial charge in [-0.3, -0.25) is 0 Å². The number of unbranched alkanes of at least 4 members (excludes halogenated alkanes) is 3. The van der Waals surface area contributed by atoms with Crippen LogP contribution in [-0.4, -0.2) is 38.8 Å². The number of quaternary nitrogens is 1. The van der Waals surface area contributed by atoms with Crippen LogP contribution in [0.15, 0.2) is 0 Å². The van der Waals surface area contributed by atoms with Crippen LogP contribution in [0, 0.1) is 0 Å². The minimum atomic E-state index is 0.00847. The van der Waals surface area contributed by atoms with Crippen LogP contribution in [0.1, 0.15) is 66.2 Å². The van der Waals surface area contributed by atoms with E-state index in [2.05, 4.69) is 55.9 Å². The molecular formula is C18H44BN. The number of rotatable bonds is 10. The fourth-order valence-electron chi connectivity index (χ4n) is 2.96. The quantitative estimate of drug-likeness (QED) is 0.332. The number of hydrogen-bond acceptors (Lipinski definition) is 0. The van der Waals surface area contributed by atoms with Gasteiger partial charge in [0.1, 0.15) is 0 Å². The minimum absolute atomic E-state index is 0.00847. The van der Waals surface area contributed by atoms with Gasteiger partial charge in [-0.25, -0.2) is 0 Å². The first-order valence-corrected chi connectivity index (χ1v) is 9.25. The Hall–Kier alpha value is 0.0249. The molecule has 0 atom stereocenters. The lowest BCUT2D eigenvalue weighted by Crippen LogP contribution is -2.32. The van der Waals surface area contributed by atoms with E-state index in [-0.39, 0.29) is 6.15 Å². The first kappa shape index (κ1) is 22.3. The van der Waals surface area contributed by atoms with Crippen molar-refractivity contribution in [2.75, 3.05) is 28.2 Å². The van der Waals surface area contributed by atoms with Gasteiger partial charge < -0.3 is 4.48 Å². The SMILES string of the molecule is CCCC[B-](CC)(CCCC)CCCC.C[N+](C)(C)C. The monoisotopic (exact) mass is 285 g/mol. The summed E-state index contributed by atoms with van der Waals surface area (Å²) in [6.07, 6.45) is 14.6. The lowest BCUT2D eigenvalue weighted by molar-refractivity contribution is -0.849. The lowest BCUT2D eigenvalue weighted by Gasteiger charge is -2.39. The molecule has 0 spiro atoms. The summed E-state index contributed by atoms with van der Waals surface area (Å²) in [7, 11) is 8.50. The highest BCUT2D eigenvalue weighted by molar-refractivity contribution is 6.79. The van der Waals surface area contributed by atoms with Gasteiger partial charge in [-0.15, -0.1) is 0 Å². The smallest absolute Gasteiger partial charge is 0.0675 e. The molecule has 0 fully saturated rings. The van der Waals surface area contributed by atoms with Crippen molar-refractivity contribution in [3.8, 4) is 0 Å². The molecule has 0 bridgehead atoms. The molecule has 0 radical (unpaired) electrons. The number of hydrogen-bond donors (Lipinski definition) is 0. The zero-order chi connectivity index (χ0) is 16.1. The van der Waals surface area contributed by atoms with Gasteiger partial charge in [0.2, 0.25) is 0 Å². The van der Waals surface area contributed by atoms with E-state index in [4.69, 9.17) is 0 Å². The molecule has 0 heterocycles. The van der Waals surface area contributed by atoms with Crippen LogP contribution in [0.3, 0.4) is 0 Å². The van der Waals surface area contributed by atoms with E-state index >= 15 is 0 Å². The molecule has 0 amide bonds. The van der Waals surface area contributed by atoms with E-state index in [1.807, 2.05) is 0 Å². The standard InChI is InChI=1S/C14H32B.C4H12N/c1-5-9-12-15(8-4,13-10-6-2)14-11-7-3;1-5(2,3)4/h5-14H2,1-4H3;1-4H3/q-1;+1. The third kappa shape index (κ3) is 16.1. The first-order valence-electron chi connectivity index (χ1n) is 9.25. The van der Waals surface area contributed by atoms with E-state index < -0.39 is 0 Å². The Morgan fingerprint density at radius 2 is 0.850 bits per heavy atom. The maximum atomic E-state index is 2.43. The highest BCUT2D eigenvalue weighted by Gasteiger charge is 2.20. The summed E-state index contributed by atoms with van der Waals surface area (Å²) >= 11 is 0. The summed E-state index contributed by atoms with van der Waals surface area (Å²) in [5.74, 6) is 0. The van der Waals surface area contributed by atoms with Crippen LogP contribution in [-0.2, 0) is 0 Å². The van der Waals surface area contributed by atoms with Crippen LogP contribution >= 0.6 is 0 Å².